The van der Waals surface area contributed by atoms with E-state index in [2.05, 4.69) is 4.74 Å². The minimum Gasteiger partial charge on any atom is -0.468 e. The van der Waals surface area contributed by atoms with Crippen LogP contribution in [0.2, 0.25) is 0 Å². The van der Waals surface area contributed by atoms with Crippen molar-refractivity contribution >= 4 is 5.97 Å². The maximum absolute atomic E-state index is 10.9. The lowest BCUT2D eigenvalue weighted by molar-refractivity contribution is -0.141. The van der Waals surface area contributed by atoms with Crippen LogP contribution in [-0.2, 0) is 9.53 Å². The van der Waals surface area contributed by atoms with Crippen molar-refractivity contribution < 1.29 is 14.6 Å². The SMILES string of the molecule is COC(=O)CN(CC#N)CCCCO. The molecule has 0 saturated carbocycles. The Morgan fingerprint density at radius 1 is 1.57 bits per heavy atom. The van der Waals surface area contributed by atoms with E-state index in [1.54, 1.807) is 4.90 Å². The predicted octanol–water partition coefficient (Wildman–Crippen LogP) is -0.243. The topological polar surface area (TPSA) is 73.6 Å². The molecule has 0 aliphatic carbocycles. The molecule has 0 amide bonds. The fourth-order valence-electron chi connectivity index (χ4n) is 1.01. The van der Waals surface area contributed by atoms with E-state index >= 15 is 0 Å². The van der Waals surface area contributed by atoms with Crippen LogP contribution in [0.15, 0.2) is 0 Å². The molecule has 80 valence electrons. The summed E-state index contributed by atoms with van der Waals surface area (Å²) >= 11 is 0. The predicted molar refractivity (Wildman–Crippen MR) is 50.4 cm³/mol. The lowest BCUT2D eigenvalue weighted by atomic mass is 10.3. The van der Waals surface area contributed by atoms with Crippen LogP contribution in [0.4, 0.5) is 0 Å². The number of nitriles is 1. The number of esters is 1. The standard InChI is InChI=1S/C9H16N2O3/c1-14-9(13)8-11(6-4-10)5-2-3-7-12/h12H,2-3,5-8H2,1H3. The molecule has 0 aromatic rings. The number of unbranched alkanes of at least 4 members (excludes halogenated alkanes) is 1. The van der Waals surface area contributed by atoms with Crippen LogP contribution in [-0.4, -0.2) is 49.3 Å². The molecule has 0 aliphatic rings. The molecule has 0 saturated heterocycles. The highest BCUT2D eigenvalue weighted by Gasteiger charge is 2.09. The van der Waals surface area contributed by atoms with Gasteiger partial charge >= 0.3 is 5.97 Å². The molecule has 1 N–H and O–H groups in total. The van der Waals surface area contributed by atoms with Gasteiger partial charge in [0, 0.05) is 6.61 Å². The third-order valence-electron chi connectivity index (χ3n) is 1.76. The summed E-state index contributed by atoms with van der Waals surface area (Å²) in [6.07, 6.45) is 1.46. The van der Waals surface area contributed by atoms with E-state index < -0.39 is 0 Å². The number of hydrogen-bond donors (Lipinski definition) is 1. The molecular formula is C9H16N2O3. The number of aliphatic hydroxyl groups excluding tert-OH is 1. The highest BCUT2D eigenvalue weighted by atomic mass is 16.5. The monoisotopic (exact) mass is 200 g/mol. The molecule has 0 bridgehead atoms. The van der Waals surface area contributed by atoms with Crippen molar-refractivity contribution in [2.24, 2.45) is 0 Å². The van der Waals surface area contributed by atoms with Crippen molar-refractivity contribution in [2.75, 3.05) is 33.4 Å². The quantitative estimate of drug-likeness (QED) is 0.349. The zero-order valence-electron chi connectivity index (χ0n) is 8.40. The second kappa shape index (κ2) is 8.48. The molecule has 14 heavy (non-hydrogen) atoms. The first-order chi connectivity index (χ1) is 6.74. The van der Waals surface area contributed by atoms with Crippen LogP contribution in [0.1, 0.15) is 12.8 Å². The number of carbonyl (C=O) groups excluding carboxylic acids is 1. The molecule has 0 spiro atoms. The Morgan fingerprint density at radius 2 is 2.29 bits per heavy atom. The summed E-state index contributed by atoms with van der Waals surface area (Å²) in [4.78, 5) is 12.6. The fraction of sp³-hybridized carbons (Fsp3) is 0.778. The van der Waals surface area contributed by atoms with Gasteiger partial charge in [-0.15, -0.1) is 0 Å². The number of carbonyl (C=O) groups is 1. The van der Waals surface area contributed by atoms with E-state index in [4.69, 9.17) is 10.4 Å². The van der Waals surface area contributed by atoms with Crippen molar-refractivity contribution in [1.29, 1.82) is 5.26 Å². The molecular weight excluding hydrogens is 184 g/mol. The third-order valence-corrected chi connectivity index (χ3v) is 1.76. The molecule has 0 unspecified atom stereocenters. The Labute approximate surface area is 83.9 Å². The van der Waals surface area contributed by atoms with Gasteiger partial charge in [-0.3, -0.25) is 9.69 Å². The van der Waals surface area contributed by atoms with E-state index in [-0.39, 0.29) is 25.7 Å². The summed E-state index contributed by atoms with van der Waals surface area (Å²) in [5, 5.41) is 17.0. The Morgan fingerprint density at radius 3 is 2.79 bits per heavy atom. The summed E-state index contributed by atoms with van der Waals surface area (Å²) in [6.45, 7) is 1.11. The zero-order valence-corrected chi connectivity index (χ0v) is 8.40. The first kappa shape index (κ1) is 12.9. The van der Waals surface area contributed by atoms with Gasteiger partial charge in [-0.05, 0) is 19.4 Å². The zero-order chi connectivity index (χ0) is 10.8. The number of aliphatic hydroxyl groups is 1. The molecule has 0 aliphatic heterocycles. The highest BCUT2D eigenvalue weighted by Crippen LogP contribution is 1.95. The molecule has 0 aromatic carbocycles. The van der Waals surface area contributed by atoms with E-state index in [1.807, 2.05) is 6.07 Å². The minimum atomic E-state index is -0.343. The molecule has 0 radical (unpaired) electrons. The molecule has 0 atom stereocenters. The average molecular weight is 200 g/mol. The summed E-state index contributed by atoms with van der Waals surface area (Å²) in [5.74, 6) is -0.343. The number of methoxy groups -OCH3 is 1. The maximum Gasteiger partial charge on any atom is 0.319 e. The van der Waals surface area contributed by atoms with Gasteiger partial charge in [0.25, 0.3) is 0 Å². The van der Waals surface area contributed by atoms with Crippen molar-refractivity contribution in [2.45, 2.75) is 12.8 Å². The first-order valence-electron chi connectivity index (χ1n) is 4.51. The van der Waals surface area contributed by atoms with Gasteiger partial charge < -0.3 is 9.84 Å². The van der Waals surface area contributed by atoms with Gasteiger partial charge in [0.2, 0.25) is 0 Å². The second-order valence-electron chi connectivity index (χ2n) is 2.88. The van der Waals surface area contributed by atoms with Crippen molar-refractivity contribution in [3.05, 3.63) is 0 Å². The summed E-state index contributed by atoms with van der Waals surface area (Å²) in [6, 6.07) is 1.98. The number of nitrogens with zero attached hydrogens (tertiary/aromatic N) is 2. The Kier molecular flexibility index (Phi) is 7.80. The smallest absolute Gasteiger partial charge is 0.319 e. The normalized spacial score (nSPS) is 9.86. The summed E-state index contributed by atoms with van der Waals surface area (Å²) in [5.41, 5.74) is 0. The van der Waals surface area contributed by atoms with E-state index in [0.29, 0.717) is 13.0 Å². The Balaban J connectivity index is 3.78. The molecule has 5 nitrogen and oxygen atoms in total. The van der Waals surface area contributed by atoms with Gasteiger partial charge in [0.05, 0.1) is 26.3 Å². The molecule has 0 fully saturated rings. The Hall–Kier alpha value is -1.12. The molecule has 0 rings (SSSR count). The van der Waals surface area contributed by atoms with Gasteiger partial charge in [-0.25, -0.2) is 0 Å². The van der Waals surface area contributed by atoms with Gasteiger partial charge in [-0.1, -0.05) is 0 Å². The van der Waals surface area contributed by atoms with E-state index in [0.717, 1.165) is 6.42 Å². The molecule has 0 heterocycles. The van der Waals surface area contributed by atoms with Crippen LogP contribution in [0.25, 0.3) is 0 Å². The lowest BCUT2D eigenvalue weighted by Gasteiger charge is -2.16. The van der Waals surface area contributed by atoms with Crippen LogP contribution in [0.3, 0.4) is 0 Å². The first-order valence-corrected chi connectivity index (χ1v) is 4.51. The summed E-state index contributed by atoms with van der Waals surface area (Å²) < 4.78 is 4.49. The van der Waals surface area contributed by atoms with Crippen LogP contribution in [0, 0.1) is 11.3 Å². The fourth-order valence-corrected chi connectivity index (χ4v) is 1.01. The maximum atomic E-state index is 10.9. The van der Waals surface area contributed by atoms with Crippen LogP contribution in [0.5, 0.6) is 0 Å². The third kappa shape index (κ3) is 6.40. The van der Waals surface area contributed by atoms with Crippen LogP contribution < -0.4 is 0 Å². The van der Waals surface area contributed by atoms with Crippen molar-refractivity contribution in [3.63, 3.8) is 0 Å². The minimum absolute atomic E-state index is 0.134. The number of hydrogen-bond acceptors (Lipinski definition) is 5. The highest BCUT2D eigenvalue weighted by molar-refractivity contribution is 5.71. The largest absolute Gasteiger partial charge is 0.468 e. The van der Waals surface area contributed by atoms with Gasteiger partial charge in [0.1, 0.15) is 0 Å². The van der Waals surface area contributed by atoms with E-state index in [1.165, 1.54) is 7.11 Å². The number of rotatable bonds is 7. The van der Waals surface area contributed by atoms with Gasteiger partial charge in [-0.2, -0.15) is 5.26 Å². The average Bonchev–Trinajstić information content (AvgIpc) is 2.18. The molecule has 0 aromatic heterocycles. The molecule has 5 heteroatoms. The lowest BCUT2D eigenvalue weighted by Crippen LogP contribution is -2.32. The van der Waals surface area contributed by atoms with Crippen LogP contribution >= 0.6 is 0 Å². The van der Waals surface area contributed by atoms with Crippen molar-refractivity contribution in [3.8, 4) is 6.07 Å². The number of ether oxygens (including phenoxy) is 1. The second-order valence-corrected chi connectivity index (χ2v) is 2.88. The van der Waals surface area contributed by atoms with E-state index in [9.17, 15) is 4.79 Å². The van der Waals surface area contributed by atoms with Crippen molar-refractivity contribution in [1.82, 2.24) is 4.90 Å². The van der Waals surface area contributed by atoms with Gasteiger partial charge in [0.15, 0.2) is 0 Å². The summed E-state index contributed by atoms with van der Waals surface area (Å²) in [7, 11) is 1.32. The Bertz CT molecular complexity index is 201.